The molecule has 1 N–H and O–H groups in total. The van der Waals surface area contributed by atoms with Gasteiger partial charge in [0.25, 0.3) is 0 Å². The topological polar surface area (TPSA) is 72.3 Å². The Kier molecular flexibility index (Phi) is 3.47. The van der Waals surface area contributed by atoms with Gasteiger partial charge in [-0.2, -0.15) is 0 Å². The number of hydrogen-bond donors (Lipinski definition) is 1. The third-order valence-electron chi connectivity index (χ3n) is 3.06. The van der Waals surface area contributed by atoms with E-state index in [1.165, 1.54) is 12.4 Å². The van der Waals surface area contributed by atoms with Crippen molar-refractivity contribution in [2.75, 3.05) is 0 Å². The van der Waals surface area contributed by atoms with Gasteiger partial charge in [0.15, 0.2) is 5.82 Å². The molecule has 0 saturated heterocycles. The third kappa shape index (κ3) is 2.81. The van der Waals surface area contributed by atoms with Gasteiger partial charge in [-0.05, 0) is 11.5 Å². The van der Waals surface area contributed by atoms with E-state index in [1.807, 2.05) is 42.5 Å². The van der Waals surface area contributed by atoms with Crippen LogP contribution in [0, 0.1) is 0 Å². The molecule has 0 fully saturated rings. The lowest BCUT2D eigenvalue weighted by atomic mass is 10.1. The van der Waals surface area contributed by atoms with Crippen LogP contribution in [0.4, 0.5) is 0 Å². The molecule has 5 nitrogen and oxygen atoms in total. The van der Waals surface area contributed by atoms with Gasteiger partial charge in [0.05, 0.1) is 5.56 Å². The number of ether oxygens (including phenoxy) is 1. The van der Waals surface area contributed by atoms with Crippen LogP contribution in [0.15, 0.2) is 54.9 Å². The van der Waals surface area contributed by atoms with Crippen molar-refractivity contribution in [3.8, 4) is 5.75 Å². The van der Waals surface area contributed by atoms with Gasteiger partial charge < -0.3 is 9.84 Å². The van der Waals surface area contributed by atoms with E-state index in [0.717, 1.165) is 16.5 Å². The van der Waals surface area contributed by atoms with Crippen molar-refractivity contribution in [2.24, 2.45) is 0 Å². The molecule has 2 aromatic carbocycles. The second kappa shape index (κ2) is 5.58. The molecule has 0 aliphatic rings. The fraction of sp³-hybridized carbons (Fsp3) is 0.0625. The zero-order chi connectivity index (χ0) is 14.7. The van der Waals surface area contributed by atoms with E-state index < -0.39 is 5.97 Å². The summed E-state index contributed by atoms with van der Waals surface area (Å²) in [5.74, 6) is 0.142. The Morgan fingerprint density at radius 1 is 1.05 bits per heavy atom. The first kappa shape index (κ1) is 13.1. The predicted molar refractivity (Wildman–Crippen MR) is 77.3 cm³/mol. The maximum Gasteiger partial charge on any atom is 0.338 e. The van der Waals surface area contributed by atoms with Crippen molar-refractivity contribution < 1.29 is 14.6 Å². The van der Waals surface area contributed by atoms with Crippen LogP contribution < -0.4 is 4.74 Å². The highest BCUT2D eigenvalue weighted by Gasteiger charge is 2.06. The van der Waals surface area contributed by atoms with Gasteiger partial charge in [-0.3, -0.25) is 0 Å². The van der Waals surface area contributed by atoms with Crippen LogP contribution in [0.25, 0.3) is 10.8 Å². The van der Waals surface area contributed by atoms with Crippen LogP contribution in [0.3, 0.4) is 0 Å². The number of aromatic nitrogens is 2. The quantitative estimate of drug-likeness (QED) is 0.795. The number of carbonyl (C=O) groups is 1. The summed E-state index contributed by atoms with van der Waals surface area (Å²) in [4.78, 5) is 18.7. The number of nitrogens with zero attached hydrogens (tertiary/aromatic N) is 2. The summed E-state index contributed by atoms with van der Waals surface area (Å²) in [6, 6.07) is 13.7. The number of carboxylic acids is 1. The van der Waals surface area contributed by atoms with E-state index in [1.54, 1.807) is 0 Å². The van der Waals surface area contributed by atoms with Crippen LogP contribution in [0.5, 0.6) is 5.75 Å². The van der Waals surface area contributed by atoms with Gasteiger partial charge in [-0.1, -0.05) is 36.4 Å². The summed E-state index contributed by atoms with van der Waals surface area (Å²) < 4.78 is 5.73. The maximum atomic E-state index is 10.7. The van der Waals surface area contributed by atoms with Crippen molar-refractivity contribution in [1.82, 2.24) is 9.97 Å². The Labute approximate surface area is 120 Å². The highest BCUT2D eigenvalue weighted by atomic mass is 16.5. The summed E-state index contributed by atoms with van der Waals surface area (Å²) >= 11 is 0. The molecular weight excluding hydrogens is 268 g/mol. The first-order valence-corrected chi connectivity index (χ1v) is 6.39. The Balaban J connectivity index is 1.79. The van der Waals surface area contributed by atoms with E-state index in [-0.39, 0.29) is 12.2 Å². The molecule has 0 aliphatic heterocycles. The molecule has 3 rings (SSSR count). The standard InChI is InChI=1S/C16H12N2O3/c19-16(20)12-8-17-15(18-9-12)10-21-14-7-3-5-11-4-1-2-6-13(11)14/h1-9H,10H2,(H,19,20). The monoisotopic (exact) mass is 280 g/mol. The van der Waals surface area contributed by atoms with Crippen molar-refractivity contribution in [1.29, 1.82) is 0 Å². The van der Waals surface area contributed by atoms with Crippen LogP contribution >= 0.6 is 0 Å². The zero-order valence-electron chi connectivity index (χ0n) is 11.1. The molecule has 21 heavy (non-hydrogen) atoms. The smallest absolute Gasteiger partial charge is 0.338 e. The molecule has 0 bridgehead atoms. The van der Waals surface area contributed by atoms with Gasteiger partial charge in [-0.25, -0.2) is 14.8 Å². The van der Waals surface area contributed by atoms with Gasteiger partial charge >= 0.3 is 5.97 Å². The number of hydrogen-bond acceptors (Lipinski definition) is 4. The average molecular weight is 280 g/mol. The summed E-state index contributed by atoms with van der Waals surface area (Å²) in [6.45, 7) is 0.188. The molecular formula is C16H12N2O3. The molecule has 0 radical (unpaired) electrons. The van der Waals surface area contributed by atoms with Crippen LogP contribution in [0.2, 0.25) is 0 Å². The van der Waals surface area contributed by atoms with E-state index in [0.29, 0.717) is 5.82 Å². The number of carboxylic acid groups (broad SMARTS) is 1. The molecule has 0 saturated carbocycles. The first-order chi connectivity index (χ1) is 10.2. The van der Waals surface area contributed by atoms with E-state index >= 15 is 0 Å². The summed E-state index contributed by atoms with van der Waals surface area (Å²) in [5.41, 5.74) is 0.0592. The minimum Gasteiger partial charge on any atom is -0.485 e. The number of benzene rings is 2. The lowest BCUT2D eigenvalue weighted by molar-refractivity contribution is 0.0695. The predicted octanol–water partition coefficient (Wildman–Crippen LogP) is 2.91. The first-order valence-electron chi connectivity index (χ1n) is 6.39. The SMILES string of the molecule is O=C(O)c1cnc(COc2cccc3ccccc23)nc1. The van der Waals surface area contributed by atoms with Crippen LogP contribution in [-0.4, -0.2) is 21.0 Å². The normalized spacial score (nSPS) is 10.5. The molecule has 5 heteroatoms. The lowest BCUT2D eigenvalue weighted by Crippen LogP contribution is -2.05. The summed E-state index contributed by atoms with van der Waals surface area (Å²) in [7, 11) is 0. The minimum absolute atomic E-state index is 0.0592. The largest absolute Gasteiger partial charge is 0.485 e. The number of aromatic carboxylic acids is 1. The van der Waals surface area contributed by atoms with E-state index in [4.69, 9.17) is 9.84 Å². The summed E-state index contributed by atoms with van der Waals surface area (Å²) in [6.07, 6.45) is 2.55. The molecule has 1 aromatic heterocycles. The molecule has 0 atom stereocenters. The second-order valence-electron chi connectivity index (χ2n) is 4.46. The second-order valence-corrected chi connectivity index (χ2v) is 4.46. The molecule has 0 unspecified atom stereocenters. The third-order valence-corrected chi connectivity index (χ3v) is 3.06. The molecule has 104 valence electrons. The lowest BCUT2D eigenvalue weighted by Gasteiger charge is -2.08. The Bertz CT molecular complexity index is 780. The van der Waals surface area contributed by atoms with Crippen molar-refractivity contribution in [2.45, 2.75) is 6.61 Å². The fourth-order valence-electron chi connectivity index (χ4n) is 2.00. The molecule has 0 aliphatic carbocycles. The molecule has 0 amide bonds. The van der Waals surface area contributed by atoms with Gasteiger partial charge in [0.2, 0.25) is 0 Å². The van der Waals surface area contributed by atoms with Crippen LogP contribution in [0.1, 0.15) is 16.2 Å². The molecule has 1 heterocycles. The average Bonchev–Trinajstić information content (AvgIpc) is 2.53. The maximum absolute atomic E-state index is 10.7. The Hall–Kier alpha value is -2.95. The van der Waals surface area contributed by atoms with Gasteiger partial charge in [0.1, 0.15) is 12.4 Å². The minimum atomic E-state index is -1.04. The number of fused-ring (bicyclic) bond motifs is 1. The molecule has 0 spiro atoms. The van der Waals surface area contributed by atoms with Crippen LogP contribution in [-0.2, 0) is 6.61 Å². The van der Waals surface area contributed by atoms with Crippen molar-refractivity contribution in [3.05, 3.63) is 66.2 Å². The van der Waals surface area contributed by atoms with Crippen molar-refractivity contribution >= 4 is 16.7 Å². The zero-order valence-corrected chi connectivity index (χ0v) is 11.1. The number of rotatable bonds is 4. The summed E-state index contributed by atoms with van der Waals surface area (Å²) in [5, 5.41) is 10.9. The Morgan fingerprint density at radius 3 is 2.52 bits per heavy atom. The highest BCUT2D eigenvalue weighted by Crippen LogP contribution is 2.25. The fourth-order valence-corrected chi connectivity index (χ4v) is 2.00. The Morgan fingerprint density at radius 2 is 1.76 bits per heavy atom. The highest BCUT2D eigenvalue weighted by molar-refractivity contribution is 5.88. The van der Waals surface area contributed by atoms with E-state index in [9.17, 15) is 4.79 Å². The molecule has 3 aromatic rings. The van der Waals surface area contributed by atoms with Gasteiger partial charge in [-0.15, -0.1) is 0 Å². The van der Waals surface area contributed by atoms with Gasteiger partial charge in [0, 0.05) is 17.8 Å². The van der Waals surface area contributed by atoms with E-state index in [2.05, 4.69) is 9.97 Å². The van der Waals surface area contributed by atoms with Crippen molar-refractivity contribution in [3.63, 3.8) is 0 Å².